The number of carbonyl (C=O) groups excluding carboxylic acids is 2. The number of aromatic nitrogens is 1. The molecule has 1 aliphatic carbocycles. The highest BCUT2D eigenvalue weighted by molar-refractivity contribution is 6.31. The van der Waals surface area contributed by atoms with Crippen molar-refractivity contribution in [3.8, 4) is 0 Å². The summed E-state index contributed by atoms with van der Waals surface area (Å²) < 4.78 is 0. The van der Waals surface area contributed by atoms with Crippen LogP contribution < -0.4 is 10.6 Å². The molecular weight excluding hydrogens is 398 g/mol. The molecule has 6 heteroatoms. The predicted molar refractivity (Wildman–Crippen MR) is 120 cm³/mol. The number of amides is 2. The molecule has 0 bridgehead atoms. The minimum absolute atomic E-state index is 0.224. The Bertz CT molecular complexity index is 1070. The van der Waals surface area contributed by atoms with Crippen LogP contribution in [0, 0.1) is 5.92 Å². The third-order valence-electron chi connectivity index (χ3n) is 5.64. The number of carbonyl (C=O) groups is 2. The lowest BCUT2D eigenvalue weighted by atomic mass is 9.89. The van der Waals surface area contributed by atoms with Gasteiger partial charge in [0.15, 0.2) is 0 Å². The van der Waals surface area contributed by atoms with Gasteiger partial charge in [0.1, 0.15) is 0 Å². The fourth-order valence-electron chi connectivity index (χ4n) is 4.03. The number of anilines is 1. The van der Waals surface area contributed by atoms with Gasteiger partial charge in [0.05, 0.1) is 16.8 Å². The predicted octanol–water partition coefficient (Wildman–Crippen LogP) is 5.45. The Balaban J connectivity index is 1.54. The van der Waals surface area contributed by atoms with E-state index in [1.807, 2.05) is 12.1 Å². The van der Waals surface area contributed by atoms with E-state index in [2.05, 4.69) is 15.6 Å². The lowest BCUT2D eigenvalue weighted by Crippen LogP contribution is -2.31. The molecule has 1 aliphatic rings. The highest BCUT2D eigenvalue weighted by Gasteiger charge is 2.19. The molecule has 30 heavy (non-hydrogen) atoms. The smallest absolute Gasteiger partial charge is 0.256 e. The van der Waals surface area contributed by atoms with Crippen LogP contribution in [0.15, 0.2) is 54.7 Å². The van der Waals surface area contributed by atoms with Crippen molar-refractivity contribution in [3.05, 3.63) is 70.9 Å². The lowest BCUT2D eigenvalue weighted by molar-refractivity contribution is 0.0944. The minimum Gasteiger partial charge on any atom is -0.352 e. The first-order valence-electron chi connectivity index (χ1n) is 10.3. The summed E-state index contributed by atoms with van der Waals surface area (Å²) in [6.07, 6.45) is 7.71. The molecule has 2 amide bonds. The first-order valence-corrected chi connectivity index (χ1v) is 10.7. The summed E-state index contributed by atoms with van der Waals surface area (Å²) in [7, 11) is 0. The second-order valence-electron chi connectivity index (χ2n) is 7.73. The summed E-state index contributed by atoms with van der Waals surface area (Å²) in [4.78, 5) is 30.1. The Labute approximate surface area is 180 Å². The largest absolute Gasteiger partial charge is 0.352 e. The summed E-state index contributed by atoms with van der Waals surface area (Å²) in [5.74, 6) is -0.00155. The first kappa shape index (κ1) is 20.4. The number of nitrogens with zero attached hydrogens (tertiary/aromatic N) is 1. The van der Waals surface area contributed by atoms with Crippen LogP contribution in [0.4, 0.5) is 5.69 Å². The molecule has 5 nitrogen and oxygen atoms in total. The van der Waals surface area contributed by atoms with E-state index in [9.17, 15) is 9.59 Å². The molecule has 0 unspecified atom stereocenters. The summed E-state index contributed by atoms with van der Waals surface area (Å²) in [6.45, 7) is 0.647. The van der Waals surface area contributed by atoms with Crippen LogP contribution >= 0.6 is 11.6 Å². The summed E-state index contributed by atoms with van der Waals surface area (Å²) >= 11 is 6.14. The maximum Gasteiger partial charge on any atom is 0.256 e. The van der Waals surface area contributed by atoms with Crippen LogP contribution in [0.25, 0.3) is 10.9 Å². The van der Waals surface area contributed by atoms with Gasteiger partial charge < -0.3 is 10.6 Å². The fraction of sp³-hybridized carbons (Fsp3) is 0.292. The Morgan fingerprint density at radius 3 is 2.63 bits per heavy atom. The Morgan fingerprint density at radius 1 is 0.967 bits per heavy atom. The Morgan fingerprint density at radius 2 is 1.80 bits per heavy atom. The third kappa shape index (κ3) is 4.62. The molecule has 0 aliphatic heterocycles. The average molecular weight is 422 g/mol. The highest BCUT2D eigenvalue weighted by Crippen LogP contribution is 2.25. The standard InChI is InChI=1S/C24H24ClN3O2/c25-17-11-12-22(20(14-17)23(29)27-15-16-6-2-1-3-7-16)28-24(30)19-8-4-10-21-18(19)9-5-13-26-21/h4-5,8-14,16H,1-3,6-7,15H2,(H,27,29)(H,28,30). The molecule has 1 fully saturated rings. The molecule has 154 valence electrons. The highest BCUT2D eigenvalue weighted by atomic mass is 35.5. The number of rotatable bonds is 5. The van der Waals surface area contributed by atoms with E-state index >= 15 is 0 Å². The maximum absolute atomic E-state index is 13.0. The molecule has 2 aromatic carbocycles. The molecule has 1 aromatic heterocycles. The molecule has 0 saturated heterocycles. The van der Waals surface area contributed by atoms with Gasteiger partial charge in [-0.15, -0.1) is 0 Å². The zero-order valence-corrected chi connectivity index (χ0v) is 17.4. The Hall–Kier alpha value is -2.92. The SMILES string of the molecule is O=C(NCC1CCCCC1)c1cc(Cl)ccc1NC(=O)c1cccc2ncccc12. The molecule has 0 atom stereocenters. The summed E-state index contributed by atoms with van der Waals surface area (Å²) in [5.41, 5.74) is 2.05. The number of halogens is 1. The summed E-state index contributed by atoms with van der Waals surface area (Å²) in [5, 5.41) is 7.11. The second-order valence-corrected chi connectivity index (χ2v) is 8.17. The van der Waals surface area contributed by atoms with Gasteiger partial charge in [-0.2, -0.15) is 0 Å². The van der Waals surface area contributed by atoms with Gasteiger partial charge in [-0.05, 0) is 55.2 Å². The number of hydrogen-bond acceptors (Lipinski definition) is 3. The van der Waals surface area contributed by atoms with Crippen LogP contribution in [0.3, 0.4) is 0 Å². The van der Waals surface area contributed by atoms with Crippen LogP contribution in [0.5, 0.6) is 0 Å². The normalized spacial score (nSPS) is 14.4. The van der Waals surface area contributed by atoms with Crippen molar-refractivity contribution in [2.75, 3.05) is 11.9 Å². The first-order chi connectivity index (χ1) is 14.6. The zero-order chi connectivity index (χ0) is 20.9. The van der Waals surface area contributed by atoms with Crippen LogP contribution in [-0.4, -0.2) is 23.3 Å². The topological polar surface area (TPSA) is 71.1 Å². The number of pyridine rings is 1. The van der Waals surface area contributed by atoms with Crippen molar-refractivity contribution >= 4 is 40.0 Å². The van der Waals surface area contributed by atoms with Crippen LogP contribution in [0.2, 0.25) is 5.02 Å². The number of hydrogen-bond donors (Lipinski definition) is 2. The Kier molecular flexibility index (Phi) is 6.29. The minimum atomic E-state index is -0.294. The van der Waals surface area contributed by atoms with Gasteiger partial charge in [0, 0.05) is 28.7 Å². The lowest BCUT2D eigenvalue weighted by Gasteiger charge is -2.22. The number of nitrogens with one attached hydrogen (secondary N) is 2. The van der Waals surface area contributed by atoms with Crippen molar-refractivity contribution in [2.45, 2.75) is 32.1 Å². The monoisotopic (exact) mass is 421 g/mol. The summed E-state index contributed by atoms with van der Waals surface area (Å²) in [6, 6.07) is 14.0. The number of fused-ring (bicyclic) bond motifs is 1. The molecule has 4 rings (SSSR count). The van der Waals surface area contributed by atoms with Crippen LogP contribution in [-0.2, 0) is 0 Å². The average Bonchev–Trinajstić information content (AvgIpc) is 2.79. The van der Waals surface area contributed by atoms with Gasteiger partial charge in [0.2, 0.25) is 0 Å². The van der Waals surface area contributed by atoms with Crippen LogP contribution in [0.1, 0.15) is 52.8 Å². The fourth-order valence-corrected chi connectivity index (χ4v) is 4.20. The molecule has 0 radical (unpaired) electrons. The molecule has 1 heterocycles. The van der Waals surface area contributed by atoms with E-state index in [1.54, 1.807) is 42.6 Å². The van der Waals surface area contributed by atoms with E-state index in [-0.39, 0.29) is 11.8 Å². The van der Waals surface area contributed by atoms with E-state index in [1.165, 1.54) is 19.3 Å². The van der Waals surface area contributed by atoms with Crippen molar-refractivity contribution < 1.29 is 9.59 Å². The van der Waals surface area contributed by atoms with Gasteiger partial charge >= 0.3 is 0 Å². The maximum atomic E-state index is 13.0. The zero-order valence-electron chi connectivity index (χ0n) is 16.7. The third-order valence-corrected chi connectivity index (χ3v) is 5.88. The van der Waals surface area contributed by atoms with E-state index in [0.29, 0.717) is 34.3 Å². The van der Waals surface area contributed by atoms with Crippen molar-refractivity contribution in [2.24, 2.45) is 5.92 Å². The molecule has 3 aromatic rings. The quantitative estimate of drug-likeness (QED) is 0.575. The van der Waals surface area contributed by atoms with Crippen molar-refractivity contribution in [1.29, 1.82) is 0 Å². The van der Waals surface area contributed by atoms with Crippen molar-refractivity contribution in [3.63, 3.8) is 0 Å². The van der Waals surface area contributed by atoms with Gasteiger partial charge in [-0.25, -0.2) is 0 Å². The van der Waals surface area contributed by atoms with Gasteiger partial charge in [-0.3, -0.25) is 14.6 Å². The van der Waals surface area contributed by atoms with E-state index < -0.39 is 0 Å². The van der Waals surface area contributed by atoms with E-state index in [4.69, 9.17) is 11.6 Å². The van der Waals surface area contributed by atoms with Gasteiger partial charge in [-0.1, -0.05) is 43.0 Å². The van der Waals surface area contributed by atoms with E-state index in [0.717, 1.165) is 23.7 Å². The van der Waals surface area contributed by atoms with Crippen molar-refractivity contribution in [1.82, 2.24) is 10.3 Å². The number of benzene rings is 2. The molecule has 0 spiro atoms. The molecular formula is C24H24ClN3O2. The second kappa shape index (κ2) is 9.26. The van der Waals surface area contributed by atoms with Gasteiger partial charge in [0.25, 0.3) is 11.8 Å². The molecule has 2 N–H and O–H groups in total. The molecule has 1 saturated carbocycles.